The maximum absolute atomic E-state index is 11.9. The lowest BCUT2D eigenvalue weighted by atomic mass is 10.2. The van der Waals surface area contributed by atoms with Gasteiger partial charge in [-0.2, -0.15) is 0 Å². The van der Waals surface area contributed by atoms with E-state index in [0.717, 1.165) is 11.1 Å². The second kappa shape index (κ2) is 5.01. The topological polar surface area (TPSA) is 68.3 Å². The van der Waals surface area contributed by atoms with Gasteiger partial charge in [-0.05, 0) is 37.3 Å². The number of amides is 1. The van der Waals surface area contributed by atoms with Crippen LogP contribution in [-0.2, 0) is 0 Å². The molecule has 18 heavy (non-hydrogen) atoms. The van der Waals surface area contributed by atoms with Crippen LogP contribution in [0, 0.1) is 6.92 Å². The molecule has 92 valence electrons. The minimum absolute atomic E-state index is 0.277. The molecule has 5 heteroatoms. The van der Waals surface area contributed by atoms with Crippen LogP contribution in [0.4, 0.5) is 5.69 Å². The number of carbonyl (C=O) groups is 1. The normalized spacial score (nSPS) is 10.1. The Kier molecular flexibility index (Phi) is 3.43. The summed E-state index contributed by atoms with van der Waals surface area (Å²) >= 11 is 4.85. The van der Waals surface area contributed by atoms with Crippen LogP contribution < -0.4 is 11.1 Å². The number of furan rings is 1. The van der Waals surface area contributed by atoms with Crippen molar-refractivity contribution in [3.05, 3.63) is 53.5 Å². The van der Waals surface area contributed by atoms with E-state index in [-0.39, 0.29) is 5.91 Å². The monoisotopic (exact) mass is 260 g/mol. The van der Waals surface area contributed by atoms with Crippen LogP contribution >= 0.6 is 12.2 Å². The lowest BCUT2D eigenvalue weighted by molar-refractivity contribution is 0.0996. The van der Waals surface area contributed by atoms with Crippen molar-refractivity contribution in [3.63, 3.8) is 0 Å². The van der Waals surface area contributed by atoms with Crippen LogP contribution in [-0.4, -0.2) is 10.9 Å². The predicted molar refractivity (Wildman–Crippen MR) is 73.7 cm³/mol. The molecule has 0 aliphatic heterocycles. The molecule has 0 saturated carbocycles. The molecule has 0 unspecified atom stereocenters. The van der Waals surface area contributed by atoms with Crippen LogP contribution in [0.25, 0.3) is 0 Å². The van der Waals surface area contributed by atoms with Crippen molar-refractivity contribution < 1.29 is 9.21 Å². The van der Waals surface area contributed by atoms with Crippen molar-refractivity contribution in [1.82, 2.24) is 0 Å². The third-order valence-corrected chi connectivity index (χ3v) is 2.73. The Balaban J connectivity index is 2.13. The highest BCUT2D eigenvalue weighted by molar-refractivity contribution is 7.80. The zero-order valence-corrected chi connectivity index (χ0v) is 10.6. The standard InChI is InChI=1S/C13H12N2O2S/c1-8-6-7-17-11(8)13(16)15-10-4-2-9(3-5-10)12(14)18/h2-7H,1H3,(H2,14,18)(H,15,16). The first-order chi connectivity index (χ1) is 8.58. The van der Waals surface area contributed by atoms with Gasteiger partial charge in [0.25, 0.3) is 5.91 Å². The first kappa shape index (κ1) is 12.3. The molecule has 0 aliphatic carbocycles. The smallest absolute Gasteiger partial charge is 0.291 e. The largest absolute Gasteiger partial charge is 0.459 e. The minimum Gasteiger partial charge on any atom is -0.459 e. The van der Waals surface area contributed by atoms with Crippen molar-refractivity contribution in [3.8, 4) is 0 Å². The second-order valence-corrected chi connectivity index (χ2v) is 4.27. The fourth-order valence-electron chi connectivity index (χ4n) is 1.51. The van der Waals surface area contributed by atoms with Gasteiger partial charge in [0.15, 0.2) is 5.76 Å². The molecule has 0 saturated heterocycles. The molecular weight excluding hydrogens is 248 g/mol. The van der Waals surface area contributed by atoms with E-state index in [1.165, 1.54) is 6.26 Å². The number of nitrogens with two attached hydrogens (primary N) is 1. The molecule has 1 aromatic heterocycles. The van der Waals surface area contributed by atoms with Gasteiger partial charge in [-0.1, -0.05) is 12.2 Å². The molecule has 1 amide bonds. The summed E-state index contributed by atoms with van der Waals surface area (Å²) in [5.41, 5.74) is 7.71. The lowest BCUT2D eigenvalue weighted by Crippen LogP contribution is -2.13. The average molecular weight is 260 g/mol. The Bertz CT molecular complexity index is 587. The summed E-state index contributed by atoms with van der Waals surface area (Å²) in [4.78, 5) is 12.2. The van der Waals surface area contributed by atoms with Gasteiger partial charge in [0.2, 0.25) is 0 Å². The highest BCUT2D eigenvalue weighted by atomic mass is 32.1. The van der Waals surface area contributed by atoms with Gasteiger partial charge in [0, 0.05) is 16.8 Å². The van der Waals surface area contributed by atoms with Crippen LogP contribution in [0.2, 0.25) is 0 Å². The second-order valence-electron chi connectivity index (χ2n) is 3.83. The number of thiocarbonyl (C=S) groups is 1. The van der Waals surface area contributed by atoms with E-state index in [0.29, 0.717) is 16.4 Å². The molecular formula is C13H12N2O2S. The Morgan fingerprint density at radius 3 is 2.44 bits per heavy atom. The number of hydrogen-bond acceptors (Lipinski definition) is 3. The Morgan fingerprint density at radius 2 is 1.94 bits per heavy atom. The van der Waals surface area contributed by atoms with E-state index in [9.17, 15) is 4.79 Å². The number of nitrogens with one attached hydrogen (secondary N) is 1. The number of rotatable bonds is 3. The van der Waals surface area contributed by atoms with Gasteiger partial charge < -0.3 is 15.5 Å². The fraction of sp³-hybridized carbons (Fsp3) is 0.0769. The minimum atomic E-state index is -0.277. The highest BCUT2D eigenvalue weighted by Crippen LogP contribution is 2.14. The van der Waals surface area contributed by atoms with Gasteiger partial charge in [0.1, 0.15) is 4.99 Å². The van der Waals surface area contributed by atoms with Crippen LogP contribution in [0.3, 0.4) is 0 Å². The summed E-state index contributed by atoms with van der Waals surface area (Å²) < 4.78 is 5.11. The highest BCUT2D eigenvalue weighted by Gasteiger charge is 2.12. The van der Waals surface area contributed by atoms with E-state index in [4.69, 9.17) is 22.4 Å². The maximum atomic E-state index is 11.9. The maximum Gasteiger partial charge on any atom is 0.291 e. The van der Waals surface area contributed by atoms with Gasteiger partial charge in [-0.25, -0.2) is 0 Å². The molecule has 2 aromatic rings. The summed E-state index contributed by atoms with van der Waals surface area (Å²) in [5.74, 6) is 0.0361. The fourth-order valence-corrected chi connectivity index (χ4v) is 1.65. The SMILES string of the molecule is Cc1ccoc1C(=O)Nc1ccc(C(N)=S)cc1. The Hall–Kier alpha value is -2.14. The van der Waals surface area contributed by atoms with E-state index in [1.807, 2.05) is 6.92 Å². The molecule has 0 fully saturated rings. The zero-order chi connectivity index (χ0) is 13.1. The molecule has 0 atom stereocenters. The van der Waals surface area contributed by atoms with Gasteiger partial charge in [-0.3, -0.25) is 4.79 Å². The lowest BCUT2D eigenvalue weighted by Gasteiger charge is -2.05. The Morgan fingerprint density at radius 1 is 1.28 bits per heavy atom. The van der Waals surface area contributed by atoms with Crippen LogP contribution in [0.15, 0.2) is 41.0 Å². The van der Waals surface area contributed by atoms with Gasteiger partial charge >= 0.3 is 0 Å². The molecule has 0 spiro atoms. The summed E-state index contributed by atoms with van der Waals surface area (Å²) in [7, 11) is 0. The molecule has 0 radical (unpaired) electrons. The number of hydrogen-bond donors (Lipinski definition) is 2. The summed E-state index contributed by atoms with van der Waals surface area (Å²) in [6.07, 6.45) is 1.49. The zero-order valence-electron chi connectivity index (χ0n) is 9.77. The molecule has 2 rings (SSSR count). The third-order valence-electron chi connectivity index (χ3n) is 2.50. The van der Waals surface area contributed by atoms with Crippen LogP contribution in [0.5, 0.6) is 0 Å². The summed E-state index contributed by atoms with van der Waals surface area (Å²) in [5, 5.41) is 2.73. The van der Waals surface area contributed by atoms with Crippen molar-refractivity contribution >= 4 is 28.8 Å². The Labute approximate surface area is 110 Å². The van der Waals surface area contributed by atoms with Crippen molar-refractivity contribution in [2.45, 2.75) is 6.92 Å². The van der Waals surface area contributed by atoms with Crippen LogP contribution in [0.1, 0.15) is 21.7 Å². The molecule has 1 heterocycles. The van der Waals surface area contributed by atoms with Crippen molar-refractivity contribution in [1.29, 1.82) is 0 Å². The number of benzene rings is 1. The predicted octanol–water partition coefficient (Wildman–Crippen LogP) is 2.47. The average Bonchev–Trinajstić information content (AvgIpc) is 2.76. The van der Waals surface area contributed by atoms with E-state index in [2.05, 4.69) is 5.32 Å². The van der Waals surface area contributed by atoms with Gasteiger partial charge in [0.05, 0.1) is 6.26 Å². The molecule has 0 aliphatic rings. The van der Waals surface area contributed by atoms with E-state index in [1.54, 1.807) is 30.3 Å². The number of anilines is 1. The molecule has 4 nitrogen and oxygen atoms in total. The van der Waals surface area contributed by atoms with Gasteiger partial charge in [-0.15, -0.1) is 0 Å². The number of aryl methyl sites for hydroxylation is 1. The first-order valence-corrected chi connectivity index (χ1v) is 5.74. The quantitative estimate of drug-likeness (QED) is 0.832. The van der Waals surface area contributed by atoms with E-state index >= 15 is 0 Å². The summed E-state index contributed by atoms with van der Waals surface area (Å²) in [6.45, 7) is 1.81. The van der Waals surface area contributed by atoms with Crippen molar-refractivity contribution in [2.24, 2.45) is 5.73 Å². The third kappa shape index (κ3) is 2.57. The number of carbonyl (C=O) groups excluding carboxylic acids is 1. The molecule has 1 aromatic carbocycles. The van der Waals surface area contributed by atoms with E-state index < -0.39 is 0 Å². The molecule has 3 N–H and O–H groups in total. The summed E-state index contributed by atoms with van der Waals surface area (Å²) in [6, 6.07) is 8.74. The first-order valence-electron chi connectivity index (χ1n) is 5.33. The van der Waals surface area contributed by atoms with Crippen molar-refractivity contribution in [2.75, 3.05) is 5.32 Å². The molecule has 0 bridgehead atoms.